The summed E-state index contributed by atoms with van der Waals surface area (Å²) in [5.41, 5.74) is 0. The summed E-state index contributed by atoms with van der Waals surface area (Å²) < 4.78 is 16.8. The molecular formula is C65H106O6. The van der Waals surface area contributed by atoms with Crippen LogP contribution in [0.25, 0.3) is 0 Å². The molecular weight excluding hydrogens is 877 g/mol. The lowest BCUT2D eigenvalue weighted by atomic mass is 10.0. The maximum atomic E-state index is 12.9. The van der Waals surface area contributed by atoms with E-state index in [9.17, 15) is 14.4 Å². The van der Waals surface area contributed by atoms with Gasteiger partial charge in [0.25, 0.3) is 0 Å². The molecule has 71 heavy (non-hydrogen) atoms. The van der Waals surface area contributed by atoms with Crippen LogP contribution < -0.4 is 0 Å². The fourth-order valence-electron chi connectivity index (χ4n) is 7.69. The normalized spacial score (nSPS) is 13.0. The Labute approximate surface area is 437 Å². The van der Waals surface area contributed by atoms with E-state index in [-0.39, 0.29) is 37.5 Å². The first kappa shape index (κ1) is 66.8. The predicted molar refractivity (Wildman–Crippen MR) is 306 cm³/mol. The molecule has 1 atom stereocenters. The van der Waals surface area contributed by atoms with Gasteiger partial charge >= 0.3 is 17.9 Å². The topological polar surface area (TPSA) is 78.9 Å². The summed E-state index contributed by atoms with van der Waals surface area (Å²) in [6, 6.07) is 0. The molecule has 402 valence electrons. The van der Waals surface area contributed by atoms with Crippen LogP contribution in [-0.4, -0.2) is 37.2 Å². The van der Waals surface area contributed by atoms with Gasteiger partial charge in [-0.2, -0.15) is 0 Å². The Kier molecular flexibility index (Phi) is 54.9. The Bertz CT molecular complexity index is 1500. The van der Waals surface area contributed by atoms with Crippen molar-refractivity contribution in [2.45, 2.75) is 258 Å². The Morgan fingerprint density at radius 1 is 0.296 bits per heavy atom. The van der Waals surface area contributed by atoms with Crippen LogP contribution in [0.2, 0.25) is 0 Å². The molecule has 0 heterocycles. The number of hydrogen-bond acceptors (Lipinski definition) is 6. The van der Waals surface area contributed by atoms with Gasteiger partial charge in [0.2, 0.25) is 0 Å². The lowest BCUT2D eigenvalue weighted by molar-refractivity contribution is -0.166. The van der Waals surface area contributed by atoms with Crippen molar-refractivity contribution in [1.82, 2.24) is 0 Å². The number of hydrogen-bond donors (Lipinski definition) is 0. The molecule has 0 amide bonds. The monoisotopic (exact) mass is 983 g/mol. The third-order valence-electron chi connectivity index (χ3n) is 12.0. The fraction of sp³-hybridized carbons (Fsp3) is 0.646. The minimum atomic E-state index is -0.819. The molecule has 0 rings (SSSR count). The number of ether oxygens (including phenoxy) is 3. The van der Waals surface area contributed by atoms with Crippen molar-refractivity contribution >= 4 is 17.9 Å². The molecule has 0 aromatic carbocycles. The number of carbonyl (C=O) groups is 3. The molecule has 0 aliphatic rings. The second-order valence-corrected chi connectivity index (χ2v) is 18.8. The standard InChI is InChI=1S/C65H106O6/c1-4-7-10-13-16-19-22-25-27-29-30-31-32-33-34-36-37-40-43-46-49-52-55-58-64(67)70-61-62(60-69-63(66)57-54-51-48-45-42-39-24-21-18-15-12-9-6-3)71-65(68)59-56-53-50-47-44-41-38-35-28-26-23-20-17-14-11-8-5-2/h7,9-10,12,16,18-19,21,25,27,30-31,33-34,37,39-40,42,48,51,62H,4-6,8,11,13-15,17,20,22-24,26,28-29,32,35-36,38,41,43-47,49-50,52-61H2,1-3H3/b10-7-,12-9-,19-16-,21-18-,27-25-,31-30-,34-33-,40-37-,42-39-,51-48-. The summed E-state index contributed by atoms with van der Waals surface area (Å²) in [4.78, 5) is 38.1. The van der Waals surface area contributed by atoms with E-state index < -0.39 is 6.10 Å². The van der Waals surface area contributed by atoms with Crippen molar-refractivity contribution in [3.63, 3.8) is 0 Å². The fourth-order valence-corrected chi connectivity index (χ4v) is 7.69. The number of carbonyl (C=O) groups excluding carboxylic acids is 3. The zero-order valence-electron chi connectivity index (χ0n) is 45.9. The van der Waals surface area contributed by atoms with Crippen molar-refractivity contribution in [2.24, 2.45) is 0 Å². The average molecular weight is 984 g/mol. The highest BCUT2D eigenvalue weighted by Gasteiger charge is 2.19. The second kappa shape index (κ2) is 58.4. The Morgan fingerprint density at radius 3 is 0.944 bits per heavy atom. The van der Waals surface area contributed by atoms with Gasteiger partial charge in [-0.3, -0.25) is 14.4 Å². The third kappa shape index (κ3) is 56.6. The van der Waals surface area contributed by atoms with E-state index in [1.165, 1.54) is 89.9 Å². The van der Waals surface area contributed by atoms with Crippen molar-refractivity contribution in [3.05, 3.63) is 122 Å². The molecule has 0 aromatic rings. The van der Waals surface area contributed by atoms with E-state index >= 15 is 0 Å². The minimum absolute atomic E-state index is 0.115. The van der Waals surface area contributed by atoms with Crippen molar-refractivity contribution in [1.29, 1.82) is 0 Å². The quantitative estimate of drug-likeness (QED) is 0.0261. The van der Waals surface area contributed by atoms with Crippen LogP contribution in [0.5, 0.6) is 0 Å². The zero-order chi connectivity index (χ0) is 51.4. The van der Waals surface area contributed by atoms with Crippen LogP contribution in [0.3, 0.4) is 0 Å². The average Bonchev–Trinajstić information content (AvgIpc) is 3.37. The summed E-state index contributed by atoms with van der Waals surface area (Å²) in [7, 11) is 0. The van der Waals surface area contributed by atoms with E-state index in [1.54, 1.807) is 0 Å². The number of allylic oxidation sites excluding steroid dienone is 20. The Balaban J connectivity index is 4.47. The molecule has 0 aliphatic heterocycles. The predicted octanol–water partition coefficient (Wildman–Crippen LogP) is 19.6. The van der Waals surface area contributed by atoms with Gasteiger partial charge in [0.15, 0.2) is 6.10 Å². The Morgan fingerprint density at radius 2 is 0.577 bits per heavy atom. The highest BCUT2D eigenvalue weighted by molar-refractivity contribution is 5.71. The number of esters is 3. The molecule has 0 fully saturated rings. The van der Waals surface area contributed by atoms with Crippen LogP contribution >= 0.6 is 0 Å². The van der Waals surface area contributed by atoms with Crippen LogP contribution in [0.1, 0.15) is 252 Å². The first-order chi connectivity index (χ1) is 35.0. The molecule has 1 unspecified atom stereocenters. The molecule has 0 saturated heterocycles. The van der Waals surface area contributed by atoms with Gasteiger partial charge in [0.05, 0.1) is 0 Å². The third-order valence-corrected chi connectivity index (χ3v) is 12.0. The van der Waals surface area contributed by atoms with Crippen molar-refractivity contribution in [2.75, 3.05) is 13.2 Å². The smallest absolute Gasteiger partial charge is 0.306 e. The summed E-state index contributed by atoms with van der Waals surface area (Å²) in [6.45, 7) is 6.33. The molecule has 0 N–H and O–H groups in total. The molecule has 6 heteroatoms. The van der Waals surface area contributed by atoms with Gasteiger partial charge in [-0.25, -0.2) is 0 Å². The van der Waals surface area contributed by atoms with Gasteiger partial charge in [-0.15, -0.1) is 0 Å². The highest BCUT2D eigenvalue weighted by Crippen LogP contribution is 2.15. The van der Waals surface area contributed by atoms with E-state index in [0.717, 1.165) is 116 Å². The molecule has 0 bridgehead atoms. The summed E-state index contributed by atoms with van der Waals surface area (Å²) in [5.74, 6) is -1.02. The van der Waals surface area contributed by atoms with Crippen LogP contribution in [0.4, 0.5) is 0 Å². The molecule has 6 nitrogen and oxygen atoms in total. The highest BCUT2D eigenvalue weighted by atomic mass is 16.6. The molecule has 0 spiro atoms. The second-order valence-electron chi connectivity index (χ2n) is 18.8. The number of rotatable bonds is 51. The molecule has 0 aromatic heterocycles. The first-order valence-corrected chi connectivity index (χ1v) is 29.0. The summed E-state index contributed by atoms with van der Waals surface area (Å²) in [5, 5.41) is 0. The molecule has 0 saturated carbocycles. The van der Waals surface area contributed by atoms with Crippen LogP contribution in [-0.2, 0) is 28.6 Å². The van der Waals surface area contributed by atoms with Gasteiger partial charge in [0.1, 0.15) is 13.2 Å². The lowest BCUT2D eigenvalue weighted by Crippen LogP contribution is -2.30. The minimum Gasteiger partial charge on any atom is -0.462 e. The first-order valence-electron chi connectivity index (χ1n) is 29.0. The largest absolute Gasteiger partial charge is 0.462 e. The van der Waals surface area contributed by atoms with E-state index in [0.29, 0.717) is 19.3 Å². The summed E-state index contributed by atoms with van der Waals surface area (Å²) >= 11 is 0. The van der Waals surface area contributed by atoms with E-state index in [4.69, 9.17) is 14.2 Å². The summed E-state index contributed by atoms with van der Waals surface area (Å²) in [6.07, 6.45) is 80.6. The maximum Gasteiger partial charge on any atom is 0.306 e. The number of unbranched alkanes of at least 4 members (excludes halogenated alkanes) is 20. The van der Waals surface area contributed by atoms with Gasteiger partial charge < -0.3 is 14.2 Å². The molecule has 0 aliphatic carbocycles. The van der Waals surface area contributed by atoms with Crippen molar-refractivity contribution in [3.8, 4) is 0 Å². The SMILES string of the molecule is CC/C=C\C/C=C\C/C=C\C/C=C\C/C=C\C/C=C\CCCCCCC(=O)OCC(COC(=O)CC/C=C\C/C=C\C/C=C\C/C=C\CC)OC(=O)CCCCCCCCCCCCCCCCCCC. The van der Waals surface area contributed by atoms with E-state index in [2.05, 4.69) is 130 Å². The van der Waals surface area contributed by atoms with Crippen LogP contribution in [0.15, 0.2) is 122 Å². The van der Waals surface area contributed by atoms with Crippen molar-refractivity contribution < 1.29 is 28.6 Å². The molecule has 0 radical (unpaired) electrons. The van der Waals surface area contributed by atoms with Gasteiger partial charge in [-0.05, 0) is 96.3 Å². The maximum absolute atomic E-state index is 12.9. The lowest BCUT2D eigenvalue weighted by Gasteiger charge is -2.18. The van der Waals surface area contributed by atoms with Crippen LogP contribution in [0, 0.1) is 0 Å². The zero-order valence-corrected chi connectivity index (χ0v) is 45.9. The van der Waals surface area contributed by atoms with Gasteiger partial charge in [-0.1, -0.05) is 258 Å². The van der Waals surface area contributed by atoms with Gasteiger partial charge in [0, 0.05) is 19.3 Å². The van der Waals surface area contributed by atoms with E-state index in [1.807, 2.05) is 12.2 Å². The Hall–Kier alpha value is -4.19.